The summed E-state index contributed by atoms with van der Waals surface area (Å²) in [4.78, 5) is 37.5. The SMILES string of the molecule is CN1CCn2nc(Nc3nc4ncc(Oc5ccnc(NC(=O)O)c5)c(C#N)c4n3C)cc2C1=O. The minimum Gasteiger partial charge on any atom is -0.465 e. The molecule has 0 unspecified atom stereocenters. The number of hydrogen-bond acceptors (Lipinski definition) is 9. The Morgan fingerprint density at radius 2 is 2.06 bits per heavy atom. The van der Waals surface area contributed by atoms with Crippen LogP contribution < -0.4 is 15.4 Å². The topological polar surface area (TPSA) is 176 Å². The van der Waals surface area contributed by atoms with Crippen molar-refractivity contribution in [2.75, 3.05) is 24.2 Å². The van der Waals surface area contributed by atoms with Crippen molar-refractivity contribution >= 4 is 40.7 Å². The minimum absolute atomic E-state index is 0.0713. The van der Waals surface area contributed by atoms with Crippen LogP contribution in [-0.4, -0.2) is 64.9 Å². The van der Waals surface area contributed by atoms with E-state index in [-0.39, 0.29) is 28.8 Å². The van der Waals surface area contributed by atoms with Crippen LogP contribution in [-0.2, 0) is 13.6 Å². The third-order valence-corrected chi connectivity index (χ3v) is 5.40. The van der Waals surface area contributed by atoms with Crippen LogP contribution in [0.5, 0.6) is 11.5 Å². The molecule has 0 aliphatic carbocycles. The van der Waals surface area contributed by atoms with Gasteiger partial charge in [0.25, 0.3) is 5.91 Å². The number of pyridine rings is 2. The van der Waals surface area contributed by atoms with Gasteiger partial charge >= 0.3 is 6.09 Å². The number of amides is 2. The maximum absolute atomic E-state index is 12.4. The van der Waals surface area contributed by atoms with Crippen molar-refractivity contribution in [1.82, 2.24) is 34.2 Å². The van der Waals surface area contributed by atoms with Crippen LogP contribution in [0, 0.1) is 11.3 Å². The van der Waals surface area contributed by atoms with Crippen LogP contribution in [0.3, 0.4) is 0 Å². The van der Waals surface area contributed by atoms with Crippen molar-refractivity contribution in [3.63, 3.8) is 0 Å². The number of nitriles is 1. The lowest BCUT2D eigenvalue weighted by atomic mass is 10.2. The van der Waals surface area contributed by atoms with E-state index in [2.05, 4.69) is 36.8 Å². The number of carbonyl (C=O) groups excluding carboxylic acids is 1. The summed E-state index contributed by atoms with van der Waals surface area (Å²) in [5.41, 5.74) is 1.39. The Morgan fingerprint density at radius 3 is 2.83 bits per heavy atom. The number of carboxylic acid groups (broad SMARTS) is 1. The molecule has 176 valence electrons. The molecule has 0 spiro atoms. The van der Waals surface area contributed by atoms with Gasteiger partial charge in [-0.2, -0.15) is 15.3 Å². The highest BCUT2D eigenvalue weighted by Crippen LogP contribution is 2.32. The number of nitrogens with zero attached hydrogens (tertiary/aromatic N) is 8. The quantitative estimate of drug-likeness (QED) is 0.388. The van der Waals surface area contributed by atoms with E-state index in [1.54, 1.807) is 34.3 Å². The van der Waals surface area contributed by atoms with Gasteiger partial charge in [-0.25, -0.2) is 14.8 Å². The van der Waals surface area contributed by atoms with Gasteiger partial charge in [-0.1, -0.05) is 0 Å². The first-order valence-electron chi connectivity index (χ1n) is 10.3. The molecular weight excluding hydrogens is 456 g/mol. The van der Waals surface area contributed by atoms with E-state index in [4.69, 9.17) is 9.84 Å². The number of imidazole rings is 1. The van der Waals surface area contributed by atoms with Crippen molar-refractivity contribution in [3.05, 3.63) is 41.9 Å². The molecule has 14 nitrogen and oxygen atoms in total. The Balaban J connectivity index is 1.47. The number of anilines is 3. The third-order valence-electron chi connectivity index (χ3n) is 5.40. The maximum Gasteiger partial charge on any atom is 0.410 e. The highest BCUT2D eigenvalue weighted by atomic mass is 16.5. The van der Waals surface area contributed by atoms with Crippen LogP contribution in [0.25, 0.3) is 11.2 Å². The number of aromatic nitrogens is 6. The number of carbonyl (C=O) groups is 2. The van der Waals surface area contributed by atoms with Gasteiger partial charge in [0.05, 0.1) is 12.7 Å². The fraction of sp³-hybridized carbons (Fsp3) is 0.190. The first-order chi connectivity index (χ1) is 16.8. The van der Waals surface area contributed by atoms with Crippen LogP contribution >= 0.6 is 0 Å². The molecule has 5 heterocycles. The molecule has 3 N–H and O–H groups in total. The molecule has 0 saturated carbocycles. The lowest BCUT2D eigenvalue weighted by Gasteiger charge is -2.22. The van der Waals surface area contributed by atoms with Crippen molar-refractivity contribution in [2.24, 2.45) is 7.05 Å². The van der Waals surface area contributed by atoms with Crippen LogP contribution in [0.2, 0.25) is 0 Å². The highest BCUT2D eigenvalue weighted by molar-refractivity contribution is 5.94. The van der Waals surface area contributed by atoms with E-state index < -0.39 is 6.09 Å². The first kappa shape index (κ1) is 21.6. The largest absolute Gasteiger partial charge is 0.465 e. The number of ether oxygens (including phenoxy) is 1. The summed E-state index contributed by atoms with van der Waals surface area (Å²) in [6.07, 6.45) is 1.48. The Hall–Kier alpha value is -5.19. The number of nitrogens with one attached hydrogen (secondary N) is 2. The molecule has 5 rings (SSSR count). The van der Waals surface area contributed by atoms with Crippen molar-refractivity contribution in [3.8, 4) is 17.6 Å². The number of rotatable bonds is 5. The summed E-state index contributed by atoms with van der Waals surface area (Å²) in [5, 5.41) is 28.4. The number of likely N-dealkylation sites (N-methyl/N-ethyl adjacent to an activating group) is 1. The fourth-order valence-electron chi connectivity index (χ4n) is 3.71. The highest BCUT2D eigenvalue weighted by Gasteiger charge is 2.25. The van der Waals surface area contributed by atoms with Gasteiger partial charge in [0.15, 0.2) is 17.2 Å². The summed E-state index contributed by atoms with van der Waals surface area (Å²) in [6.45, 7) is 1.16. The van der Waals surface area contributed by atoms with Gasteiger partial charge in [-0.15, -0.1) is 0 Å². The van der Waals surface area contributed by atoms with Crippen LogP contribution in [0.4, 0.5) is 22.4 Å². The van der Waals surface area contributed by atoms with E-state index in [1.807, 2.05) is 0 Å². The summed E-state index contributed by atoms with van der Waals surface area (Å²) < 4.78 is 9.10. The molecule has 2 amide bonds. The van der Waals surface area contributed by atoms with Gasteiger partial charge in [-0.05, 0) is 6.07 Å². The molecule has 14 heteroatoms. The zero-order valence-electron chi connectivity index (χ0n) is 18.6. The van der Waals surface area contributed by atoms with E-state index in [9.17, 15) is 14.9 Å². The lowest BCUT2D eigenvalue weighted by Crippen LogP contribution is -2.37. The molecule has 0 aromatic carbocycles. The molecule has 0 atom stereocenters. The molecule has 0 bridgehead atoms. The Morgan fingerprint density at radius 1 is 1.23 bits per heavy atom. The molecule has 0 radical (unpaired) electrons. The first-order valence-corrected chi connectivity index (χ1v) is 10.3. The lowest BCUT2D eigenvalue weighted by molar-refractivity contribution is 0.0743. The molecule has 4 aromatic rings. The third kappa shape index (κ3) is 3.91. The van der Waals surface area contributed by atoms with Gasteiger partial charge < -0.3 is 24.6 Å². The number of hydrogen-bond donors (Lipinski definition) is 3. The summed E-state index contributed by atoms with van der Waals surface area (Å²) in [5.74, 6) is 1.19. The molecule has 0 fully saturated rings. The molecule has 0 saturated heterocycles. The molecular formula is C21H18N10O4. The smallest absolute Gasteiger partial charge is 0.410 e. The second-order valence-corrected chi connectivity index (χ2v) is 7.67. The standard InChI is InChI=1S/C21H18N10O4/c1-29-5-6-31-13(19(29)32)8-16(28-31)25-20-27-18-17(30(20)2)12(9-22)14(10-24-18)35-11-3-4-23-15(7-11)26-21(33)34/h3-4,7-8,10H,5-6H2,1-2H3,(H,23,26)(H,33,34)(H,24,25,27,28). The summed E-state index contributed by atoms with van der Waals surface area (Å²) >= 11 is 0. The van der Waals surface area contributed by atoms with Crippen LogP contribution in [0.1, 0.15) is 16.1 Å². The normalized spacial score (nSPS) is 12.8. The summed E-state index contributed by atoms with van der Waals surface area (Å²) in [7, 11) is 3.45. The van der Waals surface area contributed by atoms with Gasteiger partial charge in [0, 0.05) is 39.0 Å². The predicted molar refractivity (Wildman–Crippen MR) is 122 cm³/mol. The number of fused-ring (bicyclic) bond motifs is 2. The second kappa shape index (κ2) is 8.30. The van der Waals surface area contributed by atoms with Gasteiger partial charge in [0.2, 0.25) is 5.95 Å². The average Bonchev–Trinajstić information content (AvgIpc) is 3.38. The van der Waals surface area contributed by atoms with Crippen molar-refractivity contribution in [1.29, 1.82) is 5.26 Å². The van der Waals surface area contributed by atoms with E-state index >= 15 is 0 Å². The van der Waals surface area contributed by atoms with Gasteiger partial charge in [-0.3, -0.25) is 14.8 Å². The Kier molecular flexibility index (Phi) is 5.13. The van der Waals surface area contributed by atoms with Crippen LogP contribution in [0.15, 0.2) is 30.6 Å². The monoisotopic (exact) mass is 474 g/mol. The van der Waals surface area contributed by atoms with Crippen molar-refractivity contribution in [2.45, 2.75) is 6.54 Å². The predicted octanol–water partition coefficient (Wildman–Crippen LogP) is 2.14. The van der Waals surface area contributed by atoms with Crippen molar-refractivity contribution < 1.29 is 19.4 Å². The fourth-order valence-corrected chi connectivity index (χ4v) is 3.71. The number of aryl methyl sites for hydroxylation is 1. The van der Waals surface area contributed by atoms with E-state index in [0.717, 1.165) is 0 Å². The van der Waals surface area contributed by atoms with E-state index in [0.29, 0.717) is 41.7 Å². The van der Waals surface area contributed by atoms with Gasteiger partial charge in [0.1, 0.15) is 34.4 Å². The van der Waals surface area contributed by atoms with E-state index in [1.165, 1.54) is 24.5 Å². The zero-order chi connectivity index (χ0) is 24.7. The Labute approximate surface area is 197 Å². The molecule has 1 aliphatic heterocycles. The second-order valence-electron chi connectivity index (χ2n) is 7.67. The zero-order valence-corrected chi connectivity index (χ0v) is 18.6. The minimum atomic E-state index is -1.26. The average molecular weight is 474 g/mol. The maximum atomic E-state index is 12.4. The Bertz CT molecular complexity index is 1530. The molecule has 35 heavy (non-hydrogen) atoms. The molecule has 4 aromatic heterocycles. The molecule has 1 aliphatic rings. The summed E-state index contributed by atoms with van der Waals surface area (Å²) in [6, 6.07) is 6.68.